The molecule has 5 nitrogen and oxygen atoms in total. The third kappa shape index (κ3) is 4.67. The molecule has 0 fully saturated rings. The van der Waals surface area contributed by atoms with Gasteiger partial charge < -0.3 is 9.88 Å². The van der Waals surface area contributed by atoms with Crippen LogP contribution >= 0.6 is 0 Å². The van der Waals surface area contributed by atoms with Gasteiger partial charge >= 0.3 is 5.69 Å². The lowest BCUT2D eigenvalue weighted by Gasteiger charge is -2.08. The standard InChI is InChI=1S/C14H25N3O2/c1-11(2)7-5-6-8-15-9-12-10-16(3)14(19)17(4)13(12)18/h10-11,15H,5-9H2,1-4H3. The van der Waals surface area contributed by atoms with Crippen LogP contribution in [0, 0.1) is 5.92 Å². The maximum atomic E-state index is 11.9. The summed E-state index contributed by atoms with van der Waals surface area (Å²) in [5.41, 5.74) is 0.136. The fourth-order valence-electron chi connectivity index (χ4n) is 2.03. The number of nitrogens with zero attached hydrogens (tertiary/aromatic N) is 2. The van der Waals surface area contributed by atoms with Gasteiger partial charge in [-0.25, -0.2) is 4.79 Å². The lowest BCUT2D eigenvalue weighted by Crippen LogP contribution is -2.39. The van der Waals surface area contributed by atoms with Gasteiger partial charge in [0.2, 0.25) is 0 Å². The van der Waals surface area contributed by atoms with Crippen molar-refractivity contribution in [3.8, 4) is 0 Å². The third-order valence-corrected chi connectivity index (χ3v) is 3.22. The highest BCUT2D eigenvalue weighted by Crippen LogP contribution is 2.05. The molecule has 0 bridgehead atoms. The Bertz CT molecular complexity index is 514. The monoisotopic (exact) mass is 267 g/mol. The summed E-state index contributed by atoms with van der Waals surface area (Å²) in [5.74, 6) is 0.746. The summed E-state index contributed by atoms with van der Waals surface area (Å²) in [6.07, 6.45) is 5.18. The fourth-order valence-corrected chi connectivity index (χ4v) is 2.03. The van der Waals surface area contributed by atoms with Gasteiger partial charge in [-0.05, 0) is 18.9 Å². The summed E-state index contributed by atoms with van der Waals surface area (Å²) < 4.78 is 2.59. The molecule has 0 radical (unpaired) electrons. The molecule has 0 aliphatic rings. The minimum atomic E-state index is -0.286. The fraction of sp³-hybridized carbons (Fsp3) is 0.714. The second-order valence-electron chi connectivity index (χ2n) is 5.48. The molecule has 0 aliphatic heterocycles. The first-order valence-corrected chi connectivity index (χ1v) is 6.89. The van der Waals surface area contributed by atoms with Crippen LogP contribution in [0.15, 0.2) is 15.8 Å². The number of nitrogens with one attached hydrogen (secondary N) is 1. The molecule has 1 rings (SSSR count). The molecule has 0 saturated heterocycles. The quantitative estimate of drug-likeness (QED) is 0.750. The second kappa shape index (κ2) is 7.28. The van der Waals surface area contributed by atoms with E-state index in [0.29, 0.717) is 12.1 Å². The number of hydrogen-bond donors (Lipinski definition) is 1. The Morgan fingerprint density at radius 1 is 1.21 bits per heavy atom. The maximum absolute atomic E-state index is 11.9. The molecule has 108 valence electrons. The highest BCUT2D eigenvalue weighted by atomic mass is 16.2. The van der Waals surface area contributed by atoms with Crippen molar-refractivity contribution in [3.63, 3.8) is 0 Å². The van der Waals surface area contributed by atoms with E-state index in [1.54, 1.807) is 13.2 Å². The van der Waals surface area contributed by atoms with Crippen LogP contribution in [0.4, 0.5) is 0 Å². The zero-order chi connectivity index (χ0) is 14.4. The van der Waals surface area contributed by atoms with Crippen LogP contribution in [0.5, 0.6) is 0 Å². The number of unbranched alkanes of at least 4 members (excludes halogenated alkanes) is 1. The van der Waals surface area contributed by atoms with E-state index in [-0.39, 0.29) is 11.2 Å². The molecule has 0 atom stereocenters. The average Bonchev–Trinajstić information content (AvgIpc) is 2.36. The Balaban J connectivity index is 2.47. The first kappa shape index (κ1) is 15.7. The molecule has 1 aromatic rings. The van der Waals surface area contributed by atoms with Crippen molar-refractivity contribution in [1.29, 1.82) is 0 Å². The van der Waals surface area contributed by atoms with Gasteiger partial charge in [0.05, 0.1) is 0 Å². The lowest BCUT2D eigenvalue weighted by molar-refractivity contribution is 0.518. The van der Waals surface area contributed by atoms with Gasteiger partial charge in [0, 0.05) is 32.4 Å². The van der Waals surface area contributed by atoms with Crippen molar-refractivity contribution in [2.75, 3.05) is 6.54 Å². The molecule has 1 aromatic heterocycles. The Hall–Kier alpha value is -1.36. The van der Waals surface area contributed by atoms with Crippen LogP contribution in [0.1, 0.15) is 38.7 Å². The molecule has 1 N–H and O–H groups in total. The zero-order valence-corrected chi connectivity index (χ0v) is 12.4. The van der Waals surface area contributed by atoms with Crippen LogP contribution in [0.25, 0.3) is 0 Å². The molecule has 0 unspecified atom stereocenters. The topological polar surface area (TPSA) is 56.0 Å². The van der Waals surface area contributed by atoms with E-state index in [2.05, 4.69) is 19.2 Å². The van der Waals surface area contributed by atoms with Crippen molar-refractivity contribution in [2.24, 2.45) is 20.0 Å². The van der Waals surface area contributed by atoms with Gasteiger partial charge in [-0.15, -0.1) is 0 Å². The van der Waals surface area contributed by atoms with E-state index in [0.717, 1.165) is 23.5 Å². The number of rotatable bonds is 7. The Morgan fingerprint density at radius 2 is 1.89 bits per heavy atom. The van der Waals surface area contributed by atoms with Crippen LogP contribution < -0.4 is 16.6 Å². The van der Waals surface area contributed by atoms with Crippen molar-refractivity contribution < 1.29 is 0 Å². The molecule has 1 heterocycles. The van der Waals surface area contributed by atoms with E-state index < -0.39 is 0 Å². The highest BCUT2D eigenvalue weighted by molar-refractivity contribution is 5.05. The summed E-state index contributed by atoms with van der Waals surface area (Å²) in [6, 6.07) is 0. The first-order valence-electron chi connectivity index (χ1n) is 6.89. The molecule has 19 heavy (non-hydrogen) atoms. The number of aryl methyl sites for hydroxylation is 1. The Morgan fingerprint density at radius 3 is 2.53 bits per heavy atom. The Kier molecular flexibility index (Phi) is 6.02. The van der Waals surface area contributed by atoms with Crippen molar-refractivity contribution in [1.82, 2.24) is 14.5 Å². The number of hydrogen-bond acceptors (Lipinski definition) is 3. The predicted molar refractivity (Wildman–Crippen MR) is 77.3 cm³/mol. The van der Waals surface area contributed by atoms with Crippen LogP contribution in [0.2, 0.25) is 0 Å². The number of aromatic nitrogens is 2. The van der Waals surface area contributed by atoms with Crippen LogP contribution in [0.3, 0.4) is 0 Å². The van der Waals surface area contributed by atoms with Gasteiger partial charge in [0.1, 0.15) is 0 Å². The zero-order valence-electron chi connectivity index (χ0n) is 12.4. The summed E-state index contributed by atoms with van der Waals surface area (Å²) >= 11 is 0. The molecule has 0 saturated carbocycles. The minimum absolute atomic E-state index is 0.210. The summed E-state index contributed by atoms with van der Waals surface area (Å²) in [7, 11) is 3.17. The van der Waals surface area contributed by atoms with Crippen LogP contribution in [-0.2, 0) is 20.6 Å². The predicted octanol–water partition coefficient (Wildman–Crippen LogP) is 1.000. The molecular formula is C14H25N3O2. The second-order valence-corrected chi connectivity index (χ2v) is 5.48. The summed E-state index contributed by atoms with van der Waals surface area (Å²) in [5, 5.41) is 3.26. The third-order valence-electron chi connectivity index (χ3n) is 3.22. The van der Waals surface area contributed by atoms with Gasteiger partial charge in [-0.3, -0.25) is 9.36 Å². The molecule has 0 aromatic carbocycles. The molecular weight excluding hydrogens is 242 g/mol. The van der Waals surface area contributed by atoms with Crippen molar-refractivity contribution in [2.45, 2.75) is 39.7 Å². The van der Waals surface area contributed by atoms with Crippen molar-refractivity contribution in [3.05, 3.63) is 32.6 Å². The summed E-state index contributed by atoms with van der Waals surface area (Å²) in [4.78, 5) is 23.4. The maximum Gasteiger partial charge on any atom is 0.330 e. The summed E-state index contributed by atoms with van der Waals surface area (Å²) in [6.45, 7) is 5.87. The van der Waals surface area contributed by atoms with Gasteiger partial charge in [-0.1, -0.05) is 26.7 Å². The molecule has 5 heteroatoms. The van der Waals surface area contributed by atoms with E-state index in [1.807, 2.05) is 0 Å². The van der Waals surface area contributed by atoms with Gasteiger partial charge in [0.15, 0.2) is 0 Å². The normalized spacial score (nSPS) is 11.2. The van der Waals surface area contributed by atoms with Crippen molar-refractivity contribution >= 4 is 0 Å². The van der Waals surface area contributed by atoms with E-state index in [9.17, 15) is 9.59 Å². The smallest absolute Gasteiger partial charge is 0.312 e. The van der Waals surface area contributed by atoms with Gasteiger partial charge in [0.25, 0.3) is 5.56 Å². The van der Waals surface area contributed by atoms with E-state index in [1.165, 1.54) is 24.5 Å². The van der Waals surface area contributed by atoms with Gasteiger partial charge in [-0.2, -0.15) is 0 Å². The highest BCUT2D eigenvalue weighted by Gasteiger charge is 2.05. The molecule has 0 amide bonds. The molecule has 0 spiro atoms. The first-order chi connectivity index (χ1) is 8.93. The lowest BCUT2D eigenvalue weighted by atomic mass is 10.1. The molecule has 0 aliphatic carbocycles. The SMILES string of the molecule is CC(C)CCCCNCc1cn(C)c(=O)n(C)c1=O. The Labute approximate surface area is 114 Å². The van der Waals surface area contributed by atoms with E-state index >= 15 is 0 Å². The van der Waals surface area contributed by atoms with E-state index in [4.69, 9.17) is 0 Å². The van der Waals surface area contributed by atoms with Crippen LogP contribution in [-0.4, -0.2) is 15.7 Å². The average molecular weight is 267 g/mol. The largest absolute Gasteiger partial charge is 0.330 e. The minimum Gasteiger partial charge on any atom is -0.312 e.